The summed E-state index contributed by atoms with van der Waals surface area (Å²) in [6.45, 7) is 4.51. The van der Waals surface area contributed by atoms with Gasteiger partial charge in [-0.25, -0.2) is 4.39 Å². The number of aryl methyl sites for hydroxylation is 2. The van der Waals surface area contributed by atoms with Crippen LogP contribution >= 0.6 is 0 Å². The molecule has 0 fully saturated rings. The van der Waals surface area contributed by atoms with Gasteiger partial charge in [-0.1, -0.05) is 6.07 Å². The molecule has 6 nitrogen and oxygen atoms in total. The van der Waals surface area contributed by atoms with Crippen molar-refractivity contribution in [1.29, 1.82) is 0 Å². The monoisotopic (exact) mass is 433 g/mol. The first-order valence-electron chi connectivity index (χ1n) is 10.1. The number of carbonyl (C=O) groups is 3. The van der Waals surface area contributed by atoms with Crippen molar-refractivity contribution in [3.8, 4) is 0 Å². The van der Waals surface area contributed by atoms with E-state index in [0.29, 0.717) is 28.9 Å². The first-order chi connectivity index (χ1) is 15.3. The van der Waals surface area contributed by atoms with Gasteiger partial charge in [-0.15, -0.1) is 0 Å². The molecule has 3 N–H and O–H groups in total. The highest BCUT2D eigenvalue weighted by atomic mass is 19.1. The van der Waals surface area contributed by atoms with Gasteiger partial charge in [-0.05, 0) is 85.6 Å². The van der Waals surface area contributed by atoms with Crippen LogP contribution in [0.2, 0.25) is 0 Å². The Kier molecular flexibility index (Phi) is 7.33. The summed E-state index contributed by atoms with van der Waals surface area (Å²) in [5, 5.41) is 8.21. The van der Waals surface area contributed by atoms with Crippen LogP contribution in [-0.2, 0) is 0 Å². The summed E-state index contributed by atoms with van der Waals surface area (Å²) in [5.74, 6) is -1.27. The number of benzene rings is 3. The lowest BCUT2D eigenvalue weighted by atomic mass is 10.1. The van der Waals surface area contributed by atoms with Crippen LogP contribution in [0.3, 0.4) is 0 Å². The first-order valence-corrected chi connectivity index (χ1v) is 10.1. The van der Waals surface area contributed by atoms with Gasteiger partial charge in [0.15, 0.2) is 0 Å². The van der Waals surface area contributed by atoms with Crippen molar-refractivity contribution in [3.05, 3.63) is 100 Å². The zero-order valence-corrected chi connectivity index (χ0v) is 17.9. The molecule has 3 aromatic carbocycles. The van der Waals surface area contributed by atoms with Crippen LogP contribution in [0.25, 0.3) is 0 Å². The SMILES string of the molecule is Cc1ccc(C(=O)NCCNC(=O)c2ccc(NC(=O)c3ccc(F)cc3)cc2)cc1C. The zero-order chi connectivity index (χ0) is 23.1. The number of halogens is 1. The summed E-state index contributed by atoms with van der Waals surface area (Å²) < 4.78 is 13.0. The van der Waals surface area contributed by atoms with Crippen molar-refractivity contribution >= 4 is 23.4 Å². The Bertz CT molecular complexity index is 1130. The quantitative estimate of drug-likeness (QED) is 0.495. The van der Waals surface area contributed by atoms with Crippen LogP contribution in [0.5, 0.6) is 0 Å². The van der Waals surface area contributed by atoms with Gasteiger partial charge in [-0.2, -0.15) is 0 Å². The normalized spacial score (nSPS) is 10.3. The molecule has 0 aliphatic carbocycles. The molecule has 32 heavy (non-hydrogen) atoms. The van der Waals surface area contributed by atoms with E-state index in [-0.39, 0.29) is 24.3 Å². The molecule has 0 aromatic heterocycles. The molecule has 3 aromatic rings. The zero-order valence-electron chi connectivity index (χ0n) is 17.9. The molecule has 0 aliphatic rings. The predicted octanol–water partition coefficient (Wildman–Crippen LogP) is 3.85. The highest BCUT2D eigenvalue weighted by Crippen LogP contribution is 2.12. The van der Waals surface area contributed by atoms with Gasteiger partial charge >= 0.3 is 0 Å². The fourth-order valence-electron chi connectivity index (χ4n) is 2.95. The number of carbonyl (C=O) groups excluding carboxylic acids is 3. The Morgan fingerprint density at radius 2 is 1.16 bits per heavy atom. The maximum atomic E-state index is 13.0. The fraction of sp³-hybridized carbons (Fsp3) is 0.160. The summed E-state index contributed by atoms with van der Waals surface area (Å²) in [4.78, 5) is 36.6. The molecule has 3 rings (SSSR count). The third kappa shape index (κ3) is 6.01. The van der Waals surface area contributed by atoms with Crippen LogP contribution in [0.15, 0.2) is 66.7 Å². The Balaban J connectivity index is 1.45. The van der Waals surface area contributed by atoms with Gasteiger partial charge in [0.05, 0.1) is 0 Å². The van der Waals surface area contributed by atoms with Crippen molar-refractivity contribution in [1.82, 2.24) is 10.6 Å². The summed E-state index contributed by atoms with van der Waals surface area (Å²) >= 11 is 0. The maximum Gasteiger partial charge on any atom is 0.255 e. The lowest BCUT2D eigenvalue weighted by Crippen LogP contribution is -2.34. The minimum absolute atomic E-state index is 0.191. The van der Waals surface area contributed by atoms with E-state index in [9.17, 15) is 18.8 Å². The number of nitrogens with one attached hydrogen (secondary N) is 3. The largest absolute Gasteiger partial charge is 0.350 e. The minimum atomic E-state index is -0.415. The van der Waals surface area contributed by atoms with E-state index < -0.39 is 5.82 Å². The number of hydrogen-bond donors (Lipinski definition) is 3. The summed E-state index contributed by atoms with van der Waals surface area (Å²) in [5.41, 5.74) is 4.01. The number of rotatable bonds is 7. The average Bonchev–Trinajstić information content (AvgIpc) is 2.79. The second-order valence-electron chi connectivity index (χ2n) is 7.35. The Morgan fingerprint density at radius 1 is 0.656 bits per heavy atom. The highest BCUT2D eigenvalue weighted by Gasteiger charge is 2.09. The van der Waals surface area contributed by atoms with Gasteiger partial charge < -0.3 is 16.0 Å². The maximum absolute atomic E-state index is 13.0. The van der Waals surface area contributed by atoms with Crippen molar-refractivity contribution < 1.29 is 18.8 Å². The molecule has 0 heterocycles. The summed E-state index contributed by atoms with van der Waals surface area (Å²) in [6, 6.07) is 17.1. The highest BCUT2D eigenvalue weighted by molar-refractivity contribution is 6.04. The van der Waals surface area contributed by atoms with Gasteiger partial charge in [0.2, 0.25) is 0 Å². The van der Waals surface area contributed by atoms with Crippen LogP contribution < -0.4 is 16.0 Å². The second-order valence-corrected chi connectivity index (χ2v) is 7.35. The van der Waals surface area contributed by atoms with Crippen molar-refractivity contribution in [2.45, 2.75) is 13.8 Å². The third-order valence-electron chi connectivity index (χ3n) is 4.98. The van der Waals surface area contributed by atoms with Gasteiger partial charge in [-0.3, -0.25) is 14.4 Å². The van der Waals surface area contributed by atoms with Crippen molar-refractivity contribution in [2.75, 3.05) is 18.4 Å². The topological polar surface area (TPSA) is 87.3 Å². The lowest BCUT2D eigenvalue weighted by Gasteiger charge is -2.09. The molecular weight excluding hydrogens is 409 g/mol. The fourth-order valence-corrected chi connectivity index (χ4v) is 2.95. The minimum Gasteiger partial charge on any atom is -0.350 e. The molecule has 0 radical (unpaired) electrons. The molecule has 3 amide bonds. The molecule has 0 unspecified atom stereocenters. The standard InChI is InChI=1S/C25H24FN3O3/c1-16-3-4-20(15-17(16)2)24(31)28-14-13-27-23(30)18-7-11-22(12-8-18)29-25(32)19-5-9-21(26)10-6-19/h3-12,15H,13-14H2,1-2H3,(H,27,30)(H,28,31)(H,29,32). The molecule has 0 spiro atoms. The van der Waals surface area contributed by atoms with Crippen molar-refractivity contribution in [2.24, 2.45) is 0 Å². The smallest absolute Gasteiger partial charge is 0.255 e. The van der Waals surface area contributed by atoms with Crippen molar-refractivity contribution in [3.63, 3.8) is 0 Å². The predicted molar refractivity (Wildman–Crippen MR) is 121 cm³/mol. The first kappa shape index (κ1) is 22.7. The molecular formula is C25H24FN3O3. The van der Waals surface area contributed by atoms with E-state index in [1.807, 2.05) is 26.0 Å². The van der Waals surface area contributed by atoms with E-state index in [2.05, 4.69) is 16.0 Å². The molecule has 0 atom stereocenters. The average molecular weight is 433 g/mol. The van der Waals surface area contributed by atoms with Gasteiger partial charge in [0.1, 0.15) is 5.82 Å². The molecule has 0 saturated carbocycles. The van der Waals surface area contributed by atoms with E-state index in [1.54, 1.807) is 30.3 Å². The Labute approximate surface area is 185 Å². The number of amides is 3. The van der Waals surface area contributed by atoms with Gasteiger partial charge in [0, 0.05) is 35.5 Å². The second kappa shape index (κ2) is 10.3. The van der Waals surface area contributed by atoms with Crippen LogP contribution in [0.4, 0.5) is 10.1 Å². The van der Waals surface area contributed by atoms with Gasteiger partial charge in [0.25, 0.3) is 17.7 Å². The Hall–Kier alpha value is -4.00. The Morgan fingerprint density at radius 3 is 1.75 bits per heavy atom. The van der Waals surface area contributed by atoms with E-state index in [0.717, 1.165) is 11.1 Å². The number of anilines is 1. The molecule has 0 saturated heterocycles. The molecule has 7 heteroatoms. The lowest BCUT2D eigenvalue weighted by molar-refractivity contribution is 0.0927. The van der Waals surface area contributed by atoms with E-state index in [1.165, 1.54) is 24.3 Å². The van der Waals surface area contributed by atoms with Crippen LogP contribution in [0.1, 0.15) is 42.2 Å². The van der Waals surface area contributed by atoms with Crippen LogP contribution in [0, 0.1) is 19.7 Å². The summed E-state index contributed by atoms with van der Waals surface area (Å²) in [6.07, 6.45) is 0. The van der Waals surface area contributed by atoms with E-state index >= 15 is 0 Å². The third-order valence-corrected chi connectivity index (χ3v) is 4.98. The molecule has 0 bridgehead atoms. The molecule has 0 aliphatic heterocycles. The summed E-state index contributed by atoms with van der Waals surface area (Å²) in [7, 11) is 0. The molecule has 164 valence electrons. The number of hydrogen-bond acceptors (Lipinski definition) is 3. The van der Waals surface area contributed by atoms with E-state index in [4.69, 9.17) is 0 Å². The van der Waals surface area contributed by atoms with Crippen LogP contribution in [-0.4, -0.2) is 30.8 Å².